The highest BCUT2D eigenvalue weighted by Gasteiger charge is 2.68. The number of hydrogen-bond donors (Lipinski definition) is 0. The molecule has 7 nitrogen and oxygen atoms in total. The molecule has 0 saturated carbocycles. The molecule has 0 spiro atoms. The fraction of sp³-hybridized carbons (Fsp3) is 0.143. The minimum absolute atomic E-state index is 0.267. The molecule has 2 saturated heterocycles. The minimum atomic E-state index is -2.28. The maximum Gasteiger partial charge on any atom is 0.400 e. The van der Waals surface area contributed by atoms with Gasteiger partial charge in [0.25, 0.3) is 0 Å². The number of hydrogen-bond acceptors (Lipinski definition) is 7. The van der Waals surface area contributed by atoms with Crippen LogP contribution in [-0.2, 0) is 45.9 Å². The van der Waals surface area contributed by atoms with E-state index in [4.69, 9.17) is 31.9 Å². The van der Waals surface area contributed by atoms with Gasteiger partial charge >= 0.3 is 17.2 Å². The topological polar surface area (TPSA) is 64.6 Å². The maximum atomic E-state index is 7.70. The van der Waals surface area contributed by atoms with E-state index in [0.717, 1.165) is 61.2 Å². The van der Waals surface area contributed by atoms with Crippen molar-refractivity contribution in [3.05, 3.63) is 329 Å². The van der Waals surface area contributed by atoms with Gasteiger partial charge in [-0.05, 0) is 92.2 Å². The summed E-state index contributed by atoms with van der Waals surface area (Å²) in [6.45, 7) is 8.68. The Morgan fingerprint density at radius 2 is 0.620 bits per heavy atom. The first-order valence-electron chi connectivity index (χ1n) is 26.6. The molecule has 0 unspecified atom stereocenters. The summed E-state index contributed by atoms with van der Waals surface area (Å²) in [5.41, 5.74) is 5.40. The fourth-order valence-corrected chi connectivity index (χ4v) is 14.7. The first-order chi connectivity index (χ1) is 38.6. The molecule has 2 aliphatic rings. The molecule has 2 heterocycles. The van der Waals surface area contributed by atoms with Crippen molar-refractivity contribution in [1.29, 1.82) is 0 Å². The molecule has 12 rings (SSSR count). The Kier molecular flexibility index (Phi) is 14.2. The quantitative estimate of drug-likeness (QED) is 0.101. The zero-order valence-corrected chi connectivity index (χ0v) is 46.5. The van der Waals surface area contributed by atoms with Crippen molar-refractivity contribution in [2.24, 2.45) is 0 Å². The van der Waals surface area contributed by atoms with Crippen molar-refractivity contribution in [1.82, 2.24) is 0 Å². The van der Waals surface area contributed by atoms with Crippen LogP contribution in [0.2, 0.25) is 0 Å². The highest BCUT2D eigenvalue weighted by Crippen LogP contribution is 2.73. The number of benzene rings is 10. The van der Waals surface area contributed by atoms with Crippen molar-refractivity contribution in [3.8, 4) is 28.4 Å². The molecule has 0 radical (unpaired) electrons. The molecular weight excluding hydrogens is 1010 g/mol. The molecular formula is C70H60O7P2. The first-order valence-corrected chi connectivity index (χ1v) is 28.8. The second-order valence-electron chi connectivity index (χ2n) is 21.0. The van der Waals surface area contributed by atoms with Crippen molar-refractivity contribution in [2.45, 2.75) is 55.5 Å². The zero-order chi connectivity index (χ0) is 54.1. The van der Waals surface area contributed by atoms with Crippen LogP contribution in [0.5, 0.6) is 17.2 Å². The summed E-state index contributed by atoms with van der Waals surface area (Å²) >= 11 is 0. The Morgan fingerprint density at radius 1 is 0.329 bits per heavy atom. The van der Waals surface area contributed by atoms with E-state index in [1.165, 1.54) is 0 Å². The van der Waals surface area contributed by atoms with Gasteiger partial charge in [-0.3, -0.25) is 18.1 Å². The summed E-state index contributed by atoms with van der Waals surface area (Å²) in [7, 11) is -2.84. The van der Waals surface area contributed by atoms with E-state index < -0.39 is 39.6 Å². The Morgan fingerprint density at radius 3 is 0.899 bits per heavy atom. The van der Waals surface area contributed by atoms with Crippen LogP contribution in [0.3, 0.4) is 0 Å². The molecule has 79 heavy (non-hydrogen) atoms. The zero-order valence-electron chi connectivity index (χ0n) is 44.7. The molecule has 2 aliphatic heterocycles. The number of rotatable bonds is 14. The summed E-state index contributed by atoms with van der Waals surface area (Å²) in [6.07, 6.45) is 0. The lowest BCUT2D eigenvalue weighted by molar-refractivity contribution is 0.00370. The van der Waals surface area contributed by atoms with Gasteiger partial charge < -0.3 is 13.8 Å². The summed E-state index contributed by atoms with van der Waals surface area (Å²) in [4.78, 5) is 0. The van der Waals surface area contributed by atoms with Crippen molar-refractivity contribution in [2.75, 3.05) is 7.11 Å². The Bertz CT molecular complexity index is 3320. The van der Waals surface area contributed by atoms with Gasteiger partial charge in [0.05, 0.1) is 7.11 Å². The average molecular weight is 1080 g/mol. The van der Waals surface area contributed by atoms with Crippen LogP contribution in [0.25, 0.3) is 11.1 Å². The molecule has 0 aliphatic carbocycles. The van der Waals surface area contributed by atoms with Crippen LogP contribution in [0.15, 0.2) is 273 Å². The highest BCUT2D eigenvalue weighted by atomic mass is 31.2. The monoisotopic (exact) mass is 1070 g/mol. The normalized spacial score (nSPS) is 16.5. The Balaban J connectivity index is 1.05. The number of aryl methyl sites for hydroxylation is 1. The maximum absolute atomic E-state index is 7.70. The van der Waals surface area contributed by atoms with E-state index >= 15 is 0 Å². The third-order valence-electron chi connectivity index (χ3n) is 15.2. The second-order valence-corrected chi connectivity index (χ2v) is 22.9. The van der Waals surface area contributed by atoms with Gasteiger partial charge in [0.2, 0.25) is 0 Å². The van der Waals surface area contributed by atoms with Crippen molar-refractivity contribution in [3.63, 3.8) is 0 Å². The molecule has 0 N–H and O–H groups in total. The highest BCUT2D eigenvalue weighted by molar-refractivity contribution is 7.42. The van der Waals surface area contributed by atoms with E-state index in [1.54, 1.807) is 7.11 Å². The van der Waals surface area contributed by atoms with E-state index in [2.05, 4.69) is 143 Å². The molecule has 0 atom stereocenters. The van der Waals surface area contributed by atoms with Crippen LogP contribution >= 0.6 is 17.2 Å². The van der Waals surface area contributed by atoms with Crippen LogP contribution in [0.4, 0.5) is 0 Å². The molecule has 9 heteroatoms. The minimum Gasteiger partial charge on any atom is -0.493 e. The average Bonchev–Trinajstić information content (AvgIpc) is 3.04. The molecule has 10 aromatic carbocycles. The smallest absolute Gasteiger partial charge is 0.400 e. The Labute approximate surface area is 466 Å². The van der Waals surface area contributed by atoms with Gasteiger partial charge in [-0.15, -0.1) is 0 Å². The molecule has 0 amide bonds. The lowest BCUT2D eigenvalue weighted by Gasteiger charge is -2.43. The van der Waals surface area contributed by atoms with Crippen molar-refractivity contribution >= 4 is 17.2 Å². The van der Waals surface area contributed by atoms with Gasteiger partial charge in [-0.1, -0.05) is 269 Å². The van der Waals surface area contributed by atoms with Gasteiger partial charge in [-0.25, -0.2) is 0 Å². The summed E-state index contributed by atoms with van der Waals surface area (Å²) in [6, 6.07) is 93.2. The molecule has 0 bridgehead atoms. The first kappa shape index (κ1) is 52.0. The van der Waals surface area contributed by atoms with Crippen LogP contribution in [0, 0.1) is 6.92 Å². The van der Waals surface area contributed by atoms with E-state index in [9.17, 15) is 0 Å². The Hall–Kier alpha value is -7.70. The van der Waals surface area contributed by atoms with Gasteiger partial charge in [-0.2, -0.15) is 0 Å². The van der Waals surface area contributed by atoms with Crippen LogP contribution in [-0.4, -0.2) is 7.11 Å². The molecule has 0 aromatic heterocycles. The van der Waals surface area contributed by atoms with Crippen molar-refractivity contribution < 1.29 is 31.9 Å². The number of methoxy groups -OCH3 is 1. The second kappa shape index (κ2) is 21.5. The molecule has 392 valence electrons. The molecule has 2 fully saturated rings. The van der Waals surface area contributed by atoms with Gasteiger partial charge in [0.1, 0.15) is 5.75 Å². The standard InChI is InChI=1S/C70H60O7P2/c1-51-48-62(65(64(49-51)71-5)73-79-76-69(56-38-22-10-23-39-56,57-40-24-11-25-41-57)70(77-79,58-42-26-12-27-43-58)59-44-28-13-29-45-59)61-50-60(66(2,3)4)46-47-63(61)72-78-74-67(52-30-14-6-15-31-52,53-32-16-7-17-33-53)68(75-78,54-34-18-8-19-35-54)55-36-20-9-21-37-55/h6-50H,1-5H3. The summed E-state index contributed by atoms with van der Waals surface area (Å²) in [5, 5.41) is 0. The lowest BCUT2D eigenvalue weighted by atomic mass is 9.66. The third kappa shape index (κ3) is 8.96. The van der Waals surface area contributed by atoms with E-state index in [-0.39, 0.29) is 5.41 Å². The largest absolute Gasteiger partial charge is 0.493 e. The van der Waals surface area contributed by atoms with E-state index in [0.29, 0.717) is 22.8 Å². The third-order valence-corrected chi connectivity index (χ3v) is 17.5. The van der Waals surface area contributed by atoms with Gasteiger partial charge in [0.15, 0.2) is 33.9 Å². The summed E-state index contributed by atoms with van der Waals surface area (Å²) < 4.78 is 52.0. The van der Waals surface area contributed by atoms with Crippen LogP contribution < -0.4 is 13.8 Å². The van der Waals surface area contributed by atoms with Gasteiger partial charge in [0, 0.05) is 11.1 Å². The van der Waals surface area contributed by atoms with Crippen LogP contribution in [0.1, 0.15) is 76.4 Å². The SMILES string of the molecule is COc1cc(C)cc(-c2cc(C(C)(C)C)ccc2OP2OC(c3ccccc3)(c3ccccc3)C(c3ccccc3)(c3ccccc3)O2)c1OP1OC(c2ccccc2)(c2ccccc2)C(c2ccccc2)(c2ccccc2)O1. The number of ether oxygens (including phenoxy) is 1. The molecule has 10 aromatic rings. The lowest BCUT2D eigenvalue weighted by Crippen LogP contribution is -2.48. The predicted octanol–water partition coefficient (Wildman–Crippen LogP) is 18.0. The predicted molar refractivity (Wildman–Crippen MR) is 316 cm³/mol. The van der Waals surface area contributed by atoms with E-state index in [1.807, 2.05) is 158 Å². The fourth-order valence-electron chi connectivity index (χ4n) is 11.5. The summed E-state index contributed by atoms with van der Waals surface area (Å²) in [5.74, 6) is 1.45.